The zero-order valence-electron chi connectivity index (χ0n) is 16.2. The molecule has 152 valence electrons. The van der Waals surface area contributed by atoms with E-state index >= 15 is 0 Å². The van der Waals surface area contributed by atoms with Crippen molar-refractivity contribution in [2.45, 2.75) is 19.4 Å². The molecule has 1 N–H and O–H groups in total. The summed E-state index contributed by atoms with van der Waals surface area (Å²) in [7, 11) is 1.50. The second kappa shape index (κ2) is 10.5. The van der Waals surface area contributed by atoms with Gasteiger partial charge in [0.2, 0.25) is 5.91 Å². The molecule has 1 aliphatic rings. The lowest BCUT2D eigenvalue weighted by atomic mass is 10.1. The zero-order chi connectivity index (χ0) is 20.5. The fraction of sp³-hybridized carbons (Fsp3) is 0.450. The van der Waals surface area contributed by atoms with Crippen molar-refractivity contribution in [3.8, 4) is 5.75 Å². The lowest BCUT2D eigenvalue weighted by Gasteiger charge is -2.34. The van der Waals surface area contributed by atoms with Gasteiger partial charge in [-0.25, -0.2) is 0 Å². The van der Waals surface area contributed by atoms with Crippen LogP contribution in [0.2, 0.25) is 0 Å². The van der Waals surface area contributed by atoms with Crippen LogP contribution in [0.15, 0.2) is 36.4 Å². The van der Waals surface area contributed by atoms with E-state index in [4.69, 9.17) is 14.2 Å². The Kier molecular flexibility index (Phi) is 8.01. The molecule has 0 radical (unpaired) electrons. The van der Waals surface area contributed by atoms with Gasteiger partial charge in [-0.2, -0.15) is 0 Å². The van der Waals surface area contributed by atoms with E-state index in [0.717, 1.165) is 5.57 Å². The van der Waals surface area contributed by atoms with Crippen LogP contribution in [0.25, 0.3) is 0 Å². The van der Waals surface area contributed by atoms with Gasteiger partial charge in [0, 0.05) is 25.8 Å². The van der Waals surface area contributed by atoms with Crippen LogP contribution in [0.3, 0.4) is 0 Å². The molecule has 1 aliphatic heterocycles. The summed E-state index contributed by atoms with van der Waals surface area (Å²) in [5, 5.41) is 2.69. The highest BCUT2D eigenvalue weighted by Gasteiger charge is 2.35. The van der Waals surface area contributed by atoms with Gasteiger partial charge in [-0.05, 0) is 30.7 Å². The third-order valence-corrected chi connectivity index (χ3v) is 4.07. The summed E-state index contributed by atoms with van der Waals surface area (Å²) in [5.74, 6) is -0.746. The van der Waals surface area contributed by atoms with Crippen LogP contribution in [0.5, 0.6) is 5.75 Å². The molecule has 0 saturated carbocycles. The maximum atomic E-state index is 13.0. The summed E-state index contributed by atoms with van der Waals surface area (Å²) >= 11 is 0. The quantitative estimate of drug-likeness (QED) is 0.386. The maximum absolute atomic E-state index is 13.0. The minimum atomic E-state index is -0.920. The van der Waals surface area contributed by atoms with Crippen LogP contribution >= 0.6 is 0 Å². The number of carbonyl (C=O) groups is 3. The average Bonchev–Trinajstić information content (AvgIpc) is 2.68. The monoisotopic (exact) mass is 390 g/mol. The highest BCUT2D eigenvalue weighted by atomic mass is 16.6. The topological polar surface area (TPSA) is 94.2 Å². The number of ether oxygens (including phenoxy) is 3. The van der Waals surface area contributed by atoms with Crippen LogP contribution < -0.4 is 10.1 Å². The molecular weight excluding hydrogens is 364 g/mol. The van der Waals surface area contributed by atoms with Gasteiger partial charge < -0.3 is 24.4 Å². The van der Waals surface area contributed by atoms with E-state index in [1.54, 1.807) is 24.3 Å². The standard InChI is InChI=1S/C20H26N2O6/c1-14(2)13-28-16-6-4-5-15(11-16)20(25)22-8-7-21-19(24)17(22)12-18(23)27-10-9-26-3/h4-6,11,17H,1,7-10,12-13H2,2-3H3,(H,21,24). The third-order valence-electron chi connectivity index (χ3n) is 4.07. The Morgan fingerprint density at radius 3 is 2.82 bits per heavy atom. The molecule has 0 aromatic heterocycles. The second-order valence-corrected chi connectivity index (χ2v) is 6.50. The van der Waals surface area contributed by atoms with E-state index < -0.39 is 12.0 Å². The molecule has 1 unspecified atom stereocenters. The Hall–Kier alpha value is -2.87. The zero-order valence-corrected chi connectivity index (χ0v) is 16.2. The second-order valence-electron chi connectivity index (χ2n) is 6.50. The molecule has 28 heavy (non-hydrogen) atoms. The predicted octanol–water partition coefficient (Wildman–Crippen LogP) is 1.16. The average molecular weight is 390 g/mol. The molecule has 8 heteroatoms. The molecule has 0 aliphatic carbocycles. The Balaban J connectivity index is 2.10. The number of amides is 2. The van der Waals surface area contributed by atoms with Crippen molar-refractivity contribution in [3.63, 3.8) is 0 Å². The summed E-state index contributed by atoms with van der Waals surface area (Å²) in [6, 6.07) is 5.80. The molecule has 0 spiro atoms. The van der Waals surface area contributed by atoms with Crippen molar-refractivity contribution < 1.29 is 28.6 Å². The largest absolute Gasteiger partial charge is 0.489 e. The van der Waals surface area contributed by atoms with E-state index in [-0.39, 0.29) is 31.4 Å². The van der Waals surface area contributed by atoms with Gasteiger partial charge in [0.25, 0.3) is 5.91 Å². The predicted molar refractivity (Wildman–Crippen MR) is 102 cm³/mol. The third kappa shape index (κ3) is 6.09. The fourth-order valence-corrected chi connectivity index (χ4v) is 2.71. The molecule has 8 nitrogen and oxygen atoms in total. The summed E-state index contributed by atoms with van der Waals surface area (Å²) < 4.78 is 15.4. The number of nitrogens with one attached hydrogen (secondary N) is 1. The number of benzene rings is 1. The maximum Gasteiger partial charge on any atom is 0.308 e. The fourth-order valence-electron chi connectivity index (χ4n) is 2.71. The molecule has 1 fully saturated rings. The first-order chi connectivity index (χ1) is 13.4. The van der Waals surface area contributed by atoms with Gasteiger partial charge in [-0.3, -0.25) is 14.4 Å². The number of rotatable bonds is 9. The number of hydrogen-bond donors (Lipinski definition) is 1. The first-order valence-electron chi connectivity index (χ1n) is 9.03. The summed E-state index contributed by atoms with van der Waals surface area (Å²) in [6.45, 7) is 6.96. The van der Waals surface area contributed by atoms with Crippen molar-refractivity contribution in [3.05, 3.63) is 42.0 Å². The first kappa shape index (κ1) is 21.4. The Bertz CT molecular complexity index is 733. The summed E-state index contributed by atoms with van der Waals surface area (Å²) in [6.07, 6.45) is -0.215. The van der Waals surface area contributed by atoms with Gasteiger partial charge in [0.1, 0.15) is 25.0 Å². The van der Waals surface area contributed by atoms with Crippen molar-refractivity contribution >= 4 is 17.8 Å². The van der Waals surface area contributed by atoms with E-state index in [9.17, 15) is 14.4 Å². The van der Waals surface area contributed by atoms with Crippen molar-refractivity contribution in [1.29, 1.82) is 0 Å². The van der Waals surface area contributed by atoms with E-state index in [1.807, 2.05) is 6.92 Å². The van der Waals surface area contributed by atoms with Crippen molar-refractivity contribution in [2.24, 2.45) is 0 Å². The van der Waals surface area contributed by atoms with E-state index in [0.29, 0.717) is 31.0 Å². The molecule has 1 saturated heterocycles. The highest BCUT2D eigenvalue weighted by molar-refractivity contribution is 5.99. The molecule has 2 rings (SSSR count). The Morgan fingerprint density at radius 2 is 2.11 bits per heavy atom. The molecule has 0 bridgehead atoms. The SMILES string of the molecule is C=C(C)COc1cccc(C(=O)N2CCNC(=O)C2CC(=O)OCCOC)c1. The summed E-state index contributed by atoms with van der Waals surface area (Å²) in [4.78, 5) is 38.7. The number of methoxy groups -OCH3 is 1. The Morgan fingerprint density at radius 1 is 1.32 bits per heavy atom. The lowest BCUT2D eigenvalue weighted by Crippen LogP contribution is -2.57. The molecule has 1 aromatic rings. The molecule has 1 aromatic carbocycles. The van der Waals surface area contributed by atoms with Crippen LogP contribution in [-0.4, -0.2) is 68.7 Å². The number of esters is 1. The highest BCUT2D eigenvalue weighted by Crippen LogP contribution is 2.19. The van der Waals surface area contributed by atoms with E-state index in [1.165, 1.54) is 12.0 Å². The van der Waals surface area contributed by atoms with E-state index in [2.05, 4.69) is 11.9 Å². The van der Waals surface area contributed by atoms with Gasteiger partial charge in [-0.15, -0.1) is 0 Å². The van der Waals surface area contributed by atoms with Gasteiger partial charge >= 0.3 is 5.97 Å². The first-order valence-corrected chi connectivity index (χ1v) is 9.03. The van der Waals surface area contributed by atoms with Crippen LogP contribution in [0.4, 0.5) is 0 Å². The van der Waals surface area contributed by atoms with Gasteiger partial charge in [0.15, 0.2) is 0 Å². The van der Waals surface area contributed by atoms with Crippen LogP contribution in [-0.2, 0) is 19.1 Å². The van der Waals surface area contributed by atoms with Crippen LogP contribution in [0, 0.1) is 0 Å². The summed E-state index contributed by atoms with van der Waals surface area (Å²) in [5.41, 5.74) is 1.24. The normalized spacial score (nSPS) is 16.3. The van der Waals surface area contributed by atoms with Crippen molar-refractivity contribution in [2.75, 3.05) is 40.0 Å². The number of hydrogen-bond acceptors (Lipinski definition) is 6. The molecule has 2 amide bonds. The lowest BCUT2D eigenvalue weighted by molar-refractivity contribution is -0.148. The minimum Gasteiger partial charge on any atom is -0.489 e. The van der Waals surface area contributed by atoms with Gasteiger partial charge in [-0.1, -0.05) is 12.6 Å². The number of nitrogens with zero attached hydrogens (tertiary/aromatic N) is 1. The number of piperazine rings is 1. The minimum absolute atomic E-state index is 0.0969. The molecule has 1 atom stereocenters. The molecular formula is C20H26N2O6. The smallest absolute Gasteiger partial charge is 0.308 e. The van der Waals surface area contributed by atoms with Crippen molar-refractivity contribution in [1.82, 2.24) is 10.2 Å². The Labute approximate surface area is 164 Å². The number of carbonyl (C=O) groups excluding carboxylic acids is 3. The van der Waals surface area contributed by atoms with Gasteiger partial charge in [0.05, 0.1) is 13.0 Å². The van der Waals surface area contributed by atoms with Crippen LogP contribution in [0.1, 0.15) is 23.7 Å². The molecule has 1 heterocycles.